The Morgan fingerprint density at radius 3 is 2.52 bits per heavy atom. The molecule has 0 radical (unpaired) electrons. The molecule has 1 unspecified atom stereocenters. The average Bonchev–Trinajstić information content (AvgIpc) is 2.62. The van der Waals surface area contributed by atoms with Gasteiger partial charge in [0.15, 0.2) is 5.03 Å². The summed E-state index contributed by atoms with van der Waals surface area (Å²) >= 11 is 0. The van der Waals surface area contributed by atoms with Crippen molar-refractivity contribution in [2.45, 2.75) is 37.3 Å². The number of nitrogens with zero attached hydrogens (tertiary/aromatic N) is 1. The molecule has 0 saturated carbocycles. The first-order chi connectivity index (χ1) is 12.0. The number of aromatic nitrogens is 1. The quantitative estimate of drug-likeness (QED) is 0.693. The van der Waals surface area contributed by atoms with E-state index < -0.39 is 16.1 Å². The summed E-state index contributed by atoms with van der Waals surface area (Å²) in [6, 6.07) is 13.6. The van der Waals surface area contributed by atoms with E-state index in [1.54, 1.807) is 19.1 Å². The molecule has 25 heavy (non-hydrogen) atoms. The monoisotopic (exact) mass is 362 g/mol. The van der Waals surface area contributed by atoms with Gasteiger partial charge < -0.3 is 4.74 Å². The Kier molecular flexibility index (Phi) is 7.09. The molecule has 1 N–H and O–H groups in total. The van der Waals surface area contributed by atoms with Gasteiger partial charge in [0.1, 0.15) is 0 Å². The summed E-state index contributed by atoms with van der Waals surface area (Å²) in [7, 11) is -3.75. The zero-order valence-corrected chi connectivity index (χ0v) is 14.9. The van der Waals surface area contributed by atoms with Crippen LogP contribution in [0.4, 0.5) is 0 Å². The number of benzene rings is 1. The lowest BCUT2D eigenvalue weighted by molar-refractivity contribution is -0.143. The number of esters is 1. The largest absolute Gasteiger partial charge is 0.466 e. The molecule has 2 rings (SSSR count). The average molecular weight is 362 g/mol. The predicted molar refractivity (Wildman–Crippen MR) is 94.2 cm³/mol. The Bertz CT molecular complexity index is 764. The molecule has 1 aromatic carbocycles. The lowest BCUT2D eigenvalue weighted by Gasteiger charge is -2.19. The molecule has 2 aromatic rings. The van der Waals surface area contributed by atoms with Crippen LogP contribution in [0.3, 0.4) is 0 Å². The van der Waals surface area contributed by atoms with Gasteiger partial charge in [0, 0.05) is 18.7 Å². The first-order valence-corrected chi connectivity index (χ1v) is 9.65. The SMILES string of the molecule is CCOC(=O)CCCC(NS(=O)(=O)c1ccccn1)c1ccccc1. The summed E-state index contributed by atoms with van der Waals surface area (Å²) in [5, 5.41) is -0.0266. The third-order valence-electron chi connectivity index (χ3n) is 3.59. The number of rotatable bonds is 9. The molecule has 1 heterocycles. The molecular formula is C18H22N2O4S. The first kappa shape index (κ1) is 19.1. The summed E-state index contributed by atoms with van der Waals surface area (Å²) < 4.78 is 32.7. The molecule has 0 saturated heterocycles. The van der Waals surface area contributed by atoms with Crippen molar-refractivity contribution in [3.63, 3.8) is 0 Å². The van der Waals surface area contributed by atoms with Gasteiger partial charge in [-0.15, -0.1) is 0 Å². The van der Waals surface area contributed by atoms with Gasteiger partial charge in [0.25, 0.3) is 10.0 Å². The predicted octanol–water partition coefficient (Wildman–Crippen LogP) is 2.83. The summed E-state index contributed by atoms with van der Waals surface area (Å²) in [6.45, 7) is 2.10. The van der Waals surface area contributed by atoms with Gasteiger partial charge in [-0.25, -0.2) is 18.1 Å². The van der Waals surface area contributed by atoms with Crippen LogP contribution >= 0.6 is 0 Å². The third kappa shape index (κ3) is 5.95. The highest BCUT2D eigenvalue weighted by Crippen LogP contribution is 2.22. The maximum atomic E-state index is 12.6. The molecule has 1 atom stereocenters. The Labute approximate surface area is 148 Å². The van der Waals surface area contributed by atoms with Crippen LogP contribution in [-0.2, 0) is 19.6 Å². The van der Waals surface area contributed by atoms with Gasteiger partial charge in [0.05, 0.1) is 6.61 Å². The minimum absolute atomic E-state index is 0.0266. The van der Waals surface area contributed by atoms with E-state index in [0.717, 1.165) is 5.56 Å². The molecule has 7 heteroatoms. The molecule has 0 aliphatic carbocycles. The fourth-order valence-corrected chi connectivity index (χ4v) is 3.62. The van der Waals surface area contributed by atoms with Crippen LogP contribution in [0.5, 0.6) is 0 Å². The van der Waals surface area contributed by atoms with Gasteiger partial charge in [-0.05, 0) is 37.5 Å². The molecule has 1 aromatic heterocycles. The lowest BCUT2D eigenvalue weighted by Crippen LogP contribution is -2.29. The van der Waals surface area contributed by atoms with Crippen LogP contribution in [0.15, 0.2) is 59.8 Å². The minimum Gasteiger partial charge on any atom is -0.466 e. The van der Waals surface area contributed by atoms with Crippen LogP contribution in [0, 0.1) is 0 Å². The summed E-state index contributed by atoms with van der Waals surface area (Å²) in [5.74, 6) is -0.276. The highest BCUT2D eigenvalue weighted by atomic mass is 32.2. The van der Waals surface area contributed by atoms with E-state index in [2.05, 4.69) is 9.71 Å². The van der Waals surface area contributed by atoms with Crippen LogP contribution < -0.4 is 4.72 Å². The highest BCUT2D eigenvalue weighted by molar-refractivity contribution is 7.89. The van der Waals surface area contributed by atoms with Gasteiger partial charge in [-0.1, -0.05) is 36.4 Å². The smallest absolute Gasteiger partial charge is 0.305 e. The van der Waals surface area contributed by atoms with E-state index in [1.807, 2.05) is 30.3 Å². The molecule has 0 amide bonds. The van der Waals surface area contributed by atoms with E-state index >= 15 is 0 Å². The van der Waals surface area contributed by atoms with Gasteiger partial charge in [-0.3, -0.25) is 4.79 Å². The van der Waals surface area contributed by atoms with Crippen LogP contribution in [-0.4, -0.2) is 26.0 Å². The van der Waals surface area contributed by atoms with Crippen molar-refractivity contribution in [1.29, 1.82) is 0 Å². The number of sulfonamides is 1. The van der Waals surface area contributed by atoms with E-state index in [0.29, 0.717) is 19.4 Å². The van der Waals surface area contributed by atoms with Crippen molar-refractivity contribution < 1.29 is 17.9 Å². The van der Waals surface area contributed by atoms with Crippen molar-refractivity contribution in [1.82, 2.24) is 9.71 Å². The Hall–Kier alpha value is -2.25. The van der Waals surface area contributed by atoms with Crippen molar-refractivity contribution in [3.8, 4) is 0 Å². The van der Waals surface area contributed by atoms with Gasteiger partial charge in [-0.2, -0.15) is 0 Å². The fourth-order valence-electron chi connectivity index (χ4n) is 2.42. The number of ether oxygens (including phenoxy) is 1. The van der Waals surface area contributed by atoms with Crippen molar-refractivity contribution >= 4 is 16.0 Å². The molecule has 0 aliphatic heterocycles. The normalized spacial score (nSPS) is 12.5. The molecule has 0 spiro atoms. The number of hydrogen-bond acceptors (Lipinski definition) is 5. The van der Waals surface area contributed by atoms with Crippen molar-refractivity contribution in [2.24, 2.45) is 0 Å². The summed E-state index contributed by atoms with van der Waals surface area (Å²) in [5.41, 5.74) is 0.839. The zero-order chi connectivity index (χ0) is 18.1. The number of pyridine rings is 1. The Morgan fingerprint density at radius 2 is 1.88 bits per heavy atom. The summed E-state index contributed by atoms with van der Waals surface area (Å²) in [6.07, 6.45) is 2.69. The number of carbonyl (C=O) groups is 1. The summed E-state index contributed by atoms with van der Waals surface area (Å²) in [4.78, 5) is 15.4. The second kappa shape index (κ2) is 9.29. The molecular weight excluding hydrogens is 340 g/mol. The van der Waals surface area contributed by atoms with Crippen molar-refractivity contribution in [3.05, 3.63) is 60.3 Å². The third-order valence-corrected chi connectivity index (χ3v) is 4.98. The first-order valence-electron chi connectivity index (χ1n) is 8.17. The molecule has 0 aliphatic rings. The van der Waals surface area contributed by atoms with E-state index in [4.69, 9.17) is 4.74 Å². The molecule has 0 bridgehead atoms. The zero-order valence-electron chi connectivity index (χ0n) is 14.1. The standard InChI is InChI=1S/C18H22N2O4S/c1-2-24-18(21)13-8-11-16(15-9-4-3-5-10-15)20-25(22,23)17-12-6-7-14-19-17/h3-7,9-10,12,14,16,20H,2,8,11,13H2,1H3. The minimum atomic E-state index is -3.75. The number of carbonyl (C=O) groups excluding carboxylic acids is 1. The fraction of sp³-hybridized carbons (Fsp3) is 0.333. The number of nitrogens with one attached hydrogen (secondary N) is 1. The topological polar surface area (TPSA) is 85.4 Å². The van der Waals surface area contributed by atoms with Crippen LogP contribution in [0.1, 0.15) is 37.8 Å². The number of hydrogen-bond donors (Lipinski definition) is 1. The van der Waals surface area contributed by atoms with Gasteiger partial charge in [0.2, 0.25) is 0 Å². The Balaban J connectivity index is 2.11. The molecule has 134 valence electrons. The van der Waals surface area contributed by atoms with Gasteiger partial charge >= 0.3 is 5.97 Å². The van der Waals surface area contributed by atoms with Crippen LogP contribution in [0.2, 0.25) is 0 Å². The molecule has 0 fully saturated rings. The maximum absolute atomic E-state index is 12.6. The highest BCUT2D eigenvalue weighted by Gasteiger charge is 2.22. The van der Waals surface area contributed by atoms with E-state index in [9.17, 15) is 13.2 Å². The maximum Gasteiger partial charge on any atom is 0.305 e. The van der Waals surface area contributed by atoms with Crippen molar-refractivity contribution in [2.75, 3.05) is 6.61 Å². The van der Waals surface area contributed by atoms with E-state index in [1.165, 1.54) is 12.3 Å². The van der Waals surface area contributed by atoms with E-state index in [-0.39, 0.29) is 17.4 Å². The lowest BCUT2D eigenvalue weighted by atomic mass is 10.0. The van der Waals surface area contributed by atoms with Crippen LogP contribution in [0.25, 0.3) is 0 Å². The second-order valence-corrected chi connectivity index (χ2v) is 7.11. The Morgan fingerprint density at radius 1 is 1.16 bits per heavy atom. The second-order valence-electron chi connectivity index (χ2n) is 5.45. The molecule has 6 nitrogen and oxygen atoms in total.